The second-order valence-corrected chi connectivity index (χ2v) is 4.92. The summed E-state index contributed by atoms with van der Waals surface area (Å²) in [5, 5.41) is 3.00. The molecule has 3 nitrogen and oxygen atoms in total. The van der Waals surface area contributed by atoms with Gasteiger partial charge in [0.15, 0.2) is 0 Å². The van der Waals surface area contributed by atoms with Crippen LogP contribution in [-0.2, 0) is 6.42 Å². The molecule has 1 atom stereocenters. The van der Waals surface area contributed by atoms with E-state index in [9.17, 15) is 4.79 Å². The molecule has 0 spiro atoms. The number of pyridine rings is 1. The summed E-state index contributed by atoms with van der Waals surface area (Å²) in [5.41, 5.74) is 3.09. The van der Waals surface area contributed by atoms with E-state index in [0.717, 1.165) is 18.4 Å². The summed E-state index contributed by atoms with van der Waals surface area (Å²) >= 11 is 0. The second-order valence-electron chi connectivity index (χ2n) is 4.92. The Hall–Kier alpha value is -2.16. The van der Waals surface area contributed by atoms with Gasteiger partial charge in [-0.1, -0.05) is 37.6 Å². The zero-order valence-electron chi connectivity index (χ0n) is 12.0. The van der Waals surface area contributed by atoms with Crippen LogP contribution < -0.4 is 5.32 Å². The monoisotopic (exact) mass is 268 g/mol. The molecule has 1 amide bonds. The van der Waals surface area contributed by atoms with Crippen LogP contribution in [0.15, 0.2) is 48.8 Å². The Morgan fingerprint density at radius 2 is 1.80 bits per heavy atom. The number of carbonyl (C=O) groups excluding carboxylic acids is 1. The number of rotatable bonds is 5. The Bertz CT molecular complexity index is 549. The largest absolute Gasteiger partial charge is 0.346 e. The van der Waals surface area contributed by atoms with E-state index in [-0.39, 0.29) is 11.9 Å². The van der Waals surface area contributed by atoms with Crippen LogP contribution in [-0.4, -0.2) is 10.9 Å². The fourth-order valence-corrected chi connectivity index (χ4v) is 2.13. The molecule has 0 unspecified atom stereocenters. The third kappa shape index (κ3) is 3.67. The first-order chi connectivity index (χ1) is 9.70. The quantitative estimate of drug-likeness (QED) is 0.901. The van der Waals surface area contributed by atoms with Gasteiger partial charge in [-0.05, 0) is 36.6 Å². The second kappa shape index (κ2) is 6.85. The summed E-state index contributed by atoms with van der Waals surface area (Å²) in [5.74, 6) is -0.0717. The third-order valence-corrected chi connectivity index (χ3v) is 3.31. The number of nitrogens with one attached hydrogen (secondary N) is 1. The van der Waals surface area contributed by atoms with Crippen LogP contribution in [0.4, 0.5) is 0 Å². The molecule has 2 rings (SSSR count). The molecule has 0 fully saturated rings. The van der Waals surface area contributed by atoms with Crippen molar-refractivity contribution in [1.29, 1.82) is 0 Å². The zero-order chi connectivity index (χ0) is 14.4. The van der Waals surface area contributed by atoms with Gasteiger partial charge in [-0.15, -0.1) is 0 Å². The molecule has 0 aliphatic rings. The van der Waals surface area contributed by atoms with Crippen LogP contribution in [0.3, 0.4) is 0 Å². The Balaban J connectivity index is 2.01. The van der Waals surface area contributed by atoms with Gasteiger partial charge in [0.2, 0.25) is 0 Å². The molecule has 1 heterocycles. The first-order valence-corrected chi connectivity index (χ1v) is 7.00. The van der Waals surface area contributed by atoms with Crippen LogP contribution >= 0.6 is 0 Å². The van der Waals surface area contributed by atoms with Gasteiger partial charge < -0.3 is 5.32 Å². The molecular formula is C17H20N2O. The minimum Gasteiger partial charge on any atom is -0.346 e. The fraction of sp³-hybridized carbons (Fsp3) is 0.294. The van der Waals surface area contributed by atoms with Crippen molar-refractivity contribution < 1.29 is 4.79 Å². The first kappa shape index (κ1) is 14.3. The van der Waals surface area contributed by atoms with Crippen LogP contribution in [0.5, 0.6) is 0 Å². The van der Waals surface area contributed by atoms with Gasteiger partial charge in [0, 0.05) is 18.0 Å². The van der Waals surface area contributed by atoms with Crippen molar-refractivity contribution in [1.82, 2.24) is 10.3 Å². The molecule has 0 saturated carbocycles. The van der Waals surface area contributed by atoms with Gasteiger partial charge in [0.25, 0.3) is 5.91 Å². The molecule has 0 radical (unpaired) electrons. The predicted molar refractivity (Wildman–Crippen MR) is 80.6 cm³/mol. The fourth-order valence-electron chi connectivity index (χ4n) is 2.13. The van der Waals surface area contributed by atoms with Crippen molar-refractivity contribution in [2.45, 2.75) is 32.7 Å². The van der Waals surface area contributed by atoms with E-state index in [4.69, 9.17) is 0 Å². The summed E-state index contributed by atoms with van der Waals surface area (Å²) in [4.78, 5) is 16.0. The lowest BCUT2D eigenvalue weighted by atomic mass is 10.0. The third-order valence-electron chi connectivity index (χ3n) is 3.31. The van der Waals surface area contributed by atoms with E-state index < -0.39 is 0 Å². The number of aryl methyl sites for hydroxylation is 1. The normalized spacial score (nSPS) is 11.9. The van der Waals surface area contributed by atoms with Crippen molar-refractivity contribution in [3.8, 4) is 0 Å². The van der Waals surface area contributed by atoms with E-state index in [2.05, 4.69) is 41.5 Å². The van der Waals surface area contributed by atoms with Crippen LogP contribution in [0.25, 0.3) is 0 Å². The molecule has 0 bridgehead atoms. The van der Waals surface area contributed by atoms with Crippen molar-refractivity contribution >= 4 is 5.91 Å². The topological polar surface area (TPSA) is 42.0 Å². The Morgan fingerprint density at radius 1 is 1.15 bits per heavy atom. The molecule has 1 aromatic heterocycles. The minimum atomic E-state index is -0.0717. The molecule has 0 aliphatic carbocycles. The molecule has 3 heteroatoms. The highest BCUT2D eigenvalue weighted by molar-refractivity contribution is 5.94. The maximum atomic E-state index is 12.1. The van der Waals surface area contributed by atoms with E-state index in [1.165, 1.54) is 5.56 Å². The maximum Gasteiger partial charge on any atom is 0.251 e. The smallest absolute Gasteiger partial charge is 0.251 e. The van der Waals surface area contributed by atoms with Gasteiger partial charge in [0.1, 0.15) is 0 Å². The molecule has 1 N–H and O–H groups in total. The van der Waals surface area contributed by atoms with Gasteiger partial charge in [-0.2, -0.15) is 0 Å². The van der Waals surface area contributed by atoms with Gasteiger partial charge in [0.05, 0.1) is 6.04 Å². The number of carbonyl (C=O) groups is 1. The van der Waals surface area contributed by atoms with Gasteiger partial charge in [-0.3, -0.25) is 9.78 Å². The predicted octanol–water partition coefficient (Wildman–Crippen LogP) is 3.53. The summed E-state index contributed by atoms with van der Waals surface area (Å²) in [7, 11) is 0. The Morgan fingerprint density at radius 3 is 2.40 bits per heavy atom. The standard InChI is InChI=1S/C17H20N2O/c1-3-4-14-5-7-15(8-6-14)13(2)19-17(20)16-9-11-18-12-10-16/h5-13H,3-4H2,1-2H3,(H,19,20)/t13-/m1/s1. The SMILES string of the molecule is CCCc1ccc([C@@H](C)NC(=O)c2ccncc2)cc1. The number of aromatic nitrogens is 1. The minimum absolute atomic E-state index is 0.00802. The van der Waals surface area contributed by atoms with Crippen LogP contribution in [0, 0.1) is 0 Å². The molecule has 2 aromatic rings. The molecule has 0 aliphatic heterocycles. The van der Waals surface area contributed by atoms with Crippen LogP contribution in [0.1, 0.15) is 47.8 Å². The lowest BCUT2D eigenvalue weighted by Crippen LogP contribution is -2.26. The lowest BCUT2D eigenvalue weighted by Gasteiger charge is -2.15. The lowest BCUT2D eigenvalue weighted by molar-refractivity contribution is 0.0940. The highest BCUT2D eigenvalue weighted by Gasteiger charge is 2.10. The van der Waals surface area contributed by atoms with Crippen molar-refractivity contribution in [3.05, 3.63) is 65.5 Å². The summed E-state index contributed by atoms with van der Waals surface area (Å²) < 4.78 is 0. The summed E-state index contributed by atoms with van der Waals surface area (Å²) in [6, 6.07) is 11.9. The van der Waals surface area contributed by atoms with Crippen molar-refractivity contribution in [2.75, 3.05) is 0 Å². The number of nitrogens with zero attached hydrogens (tertiary/aromatic N) is 1. The van der Waals surface area contributed by atoms with Crippen LogP contribution in [0.2, 0.25) is 0 Å². The average Bonchev–Trinajstić information content (AvgIpc) is 2.49. The van der Waals surface area contributed by atoms with E-state index in [0.29, 0.717) is 5.56 Å². The molecule has 104 valence electrons. The number of hydrogen-bond acceptors (Lipinski definition) is 2. The van der Waals surface area contributed by atoms with Crippen molar-refractivity contribution in [3.63, 3.8) is 0 Å². The Kier molecular flexibility index (Phi) is 4.88. The van der Waals surface area contributed by atoms with Gasteiger partial charge in [-0.25, -0.2) is 0 Å². The van der Waals surface area contributed by atoms with Gasteiger partial charge >= 0.3 is 0 Å². The number of amides is 1. The highest BCUT2D eigenvalue weighted by Crippen LogP contribution is 2.15. The summed E-state index contributed by atoms with van der Waals surface area (Å²) in [6.07, 6.45) is 5.49. The van der Waals surface area contributed by atoms with E-state index in [1.807, 2.05) is 6.92 Å². The first-order valence-electron chi connectivity index (χ1n) is 7.00. The highest BCUT2D eigenvalue weighted by atomic mass is 16.1. The average molecular weight is 268 g/mol. The maximum absolute atomic E-state index is 12.1. The van der Waals surface area contributed by atoms with Crippen molar-refractivity contribution in [2.24, 2.45) is 0 Å². The molecule has 1 aromatic carbocycles. The molecule has 0 saturated heterocycles. The summed E-state index contributed by atoms with van der Waals surface area (Å²) in [6.45, 7) is 4.17. The zero-order valence-corrected chi connectivity index (χ0v) is 12.0. The molecule has 20 heavy (non-hydrogen) atoms. The van der Waals surface area contributed by atoms with E-state index >= 15 is 0 Å². The number of hydrogen-bond donors (Lipinski definition) is 1. The van der Waals surface area contributed by atoms with E-state index in [1.54, 1.807) is 24.5 Å². The molecular weight excluding hydrogens is 248 g/mol. The Labute approximate surface area is 120 Å². The number of benzene rings is 1.